The first-order chi connectivity index (χ1) is 24.2. The van der Waals surface area contributed by atoms with Crippen molar-refractivity contribution in [2.75, 3.05) is 0 Å². The van der Waals surface area contributed by atoms with E-state index in [-0.39, 0.29) is 21.7 Å². The van der Waals surface area contributed by atoms with Gasteiger partial charge in [0.2, 0.25) is 0 Å². The van der Waals surface area contributed by atoms with E-state index < -0.39 is 7.92 Å². The zero-order valence-corrected chi connectivity index (χ0v) is 34.9. The van der Waals surface area contributed by atoms with Crippen molar-refractivity contribution in [2.45, 2.75) is 130 Å². The van der Waals surface area contributed by atoms with Gasteiger partial charge in [-0.25, -0.2) is 0 Å². The van der Waals surface area contributed by atoms with E-state index in [1.165, 1.54) is 66.0 Å². The van der Waals surface area contributed by atoms with Gasteiger partial charge < -0.3 is 5.11 Å². The molecule has 272 valence electrons. The summed E-state index contributed by atoms with van der Waals surface area (Å²) < 4.78 is 0. The minimum Gasteiger partial charge on any atom is -0.508 e. The standard InChI is InChI=1S/C50H61OP/c1-47(2,3)37-27-38(48(4,5)6)30-41(29-37)52(42-31-39(49(7,8)9)28-40(32-42)50(10,11)12)46-16-14-13-15-43(46)44-25-33-17-21-35(44)22-18-34-20-24-36(23-19-33)45(51)26-34/h13-17,20-21,24-32,51H,18-19,22-23H2,1-12H3. The highest BCUT2D eigenvalue weighted by molar-refractivity contribution is 7.80. The average molecular weight is 709 g/mol. The molecule has 4 aliphatic rings. The molecule has 5 aromatic carbocycles. The Kier molecular flexibility index (Phi) is 10.2. The molecule has 2 heteroatoms. The Morgan fingerprint density at radius 1 is 0.423 bits per heavy atom. The van der Waals surface area contributed by atoms with Crippen LogP contribution in [0.25, 0.3) is 11.1 Å². The molecule has 0 atom stereocenters. The van der Waals surface area contributed by atoms with Crippen LogP contribution >= 0.6 is 7.92 Å². The third-order valence-electron chi connectivity index (χ3n) is 10.9. The number of benzene rings is 5. The van der Waals surface area contributed by atoms with Crippen molar-refractivity contribution in [1.29, 1.82) is 0 Å². The van der Waals surface area contributed by atoms with Gasteiger partial charge in [-0.3, -0.25) is 0 Å². The number of hydrogen-bond donors (Lipinski definition) is 1. The van der Waals surface area contributed by atoms with E-state index in [0.29, 0.717) is 5.75 Å². The highest BCUT2D eigenvalue weighted by atomic mass is 31.1. The Balaban J connectivity index is 1.66. The van der Waals surface area contributed by atoms with Crippen molar-refractivity contribution in [1.82, 2.24) is 0 Å². The van der Waals surface area contributed by atoms with Crippen molar-refractivity contribution in [3.05, 3.63) is 142 Å². The van der Waals surface area contributed by atoms with Crippen LogP contribution in [-0.4, -0.2) is 5.11 Å². The summed E-state index contributed by atoms with van der Waals surface area (Å²) in [5.41, 5.74) is 13.2. The minimum atomic E-state index is -0.952. The van der Waals surface area contributed by atoms with E-state index in [0.717, 1.165) is 31.2 Å². The Bertz CT molecular complexity index is 1950. The quantitative estimate of drug-likeness (QED) is 0.184. The van der Waals surface area contributed by atoms with Gasteiger partial charge in [-0.1, -0.05) is 174 Å². The molecule has 0 spiro atoms. The molecule has 0 radical (unpaired) electrons. The molecule has 0 unspecified atom stereocenters. The summed E-state index contributed by atoms with van der Waals surface area (Å²) >= 11 is 0. The maximum absolute atomic E-state index is 10.8. The van der Waals surface area contributed by atoms with Crippen LogP contribution in [0.3, 0.4) is 0 Å². The van der Waals surface area contributed by atoms with Gasteiger partial charge in [-0.15, -0.1) is 0 Å². The molecule has 0 aliphatic heterocycles. The van der Waals surface area contributed by atoms with E-state index in [1.54, 1.807) is 0 Å². The molecule has 9 rings (SSSR count). The first-order valence-electron chi connectivity index (χ1n) is 19.3. The van der Waals surface area contributed by atoms with Gasteiger partial charge in [0.15, 0.2) is 0 Å². The fourth-order valence-corrected chi connectivity index (χ4v) is 9.92. The molecule has 4 aliphatic carbocycles. The first-order valence-corrected chi connectivity index (χ1v) is 20.7. The smallest absolute Gasteiger partial charge is 0.119 e. The molecule has 4 bridgehead atoms. The molecule has 52 heavy (non-hydrogen) atoms. The molecule has 0 fully saturated rings. The highest BCUT2D eigenvalue weighted by Gasteiger charge is 2.29. The second-order valence-electron chi connectivity index (χ2n) is 19.3. The predicted molar refractivity (Wildman–Crippen MR) is 228 cm³/mol. The van der Waals surface area contributed by atoms with Gasteiger partial charge in [0.1, 0.15) is 5.75 Å². The molecule has 0 saturated heterocycles. The van der Waals surface area contributed by atoms with Crippen molar-refractivity contribution < 1.29 is 5.11 Å². The first kappa shape index (κ1) is 38.1. The van der Waals surface area contributed by atoms with Gasteiger partial charge in [-0.2, -0.15) is 0 Å². The number of phenols is 1. The second-order valence-corrected chi connectivity index (χ2v) is 21.5. The van der Waals surface area contributed by atoms with Crippen molar-refractivity contribution >= 4 is 23.8 Å². The van der Waals surface area contributed by atoms with Gasteiger partial charge in [-0.05, 0) is 133 Å². The summed E-state index contributed by atoms with van der Waals surface area (Å²) in [6.45, 7) is 28.2. The van der Waals surface area contributed by atoms with Crippen molar-refractivity contribution in [2.24, 2.45) is 0 Å². The Labute approximate surface area is 316 Å². The molecule has 0 aromatic heterocycles. The monoisotopic (exact) mass is 708 g/mol. The molecular formula is C50H61OP. The molecule has 1 nitrogen and oxygen atoms in total. The topological polar surface area (TPSA) is 20.2 Å². The van der Waals surface area contributed by atoms with Crippen LogP contribution in [0.1, 0.15) is 128 Å². The van der Waals surface area contributed by atoms with Crippen molar-refractivity contribution in [3.63, 3.8) is 0 Å². The number of rotatable bonds is 4. The number of aryl methyl sites for hydroxylation is 4. The van der Waals surface area contributed by atoms with Crippen LogP contribution in [-0.2, 0) is 47.3 Å². The number of aromatic hydroxyl groups is 1. The Morgan fingerprint density at radius 2 is 0.846 bits per heavy atom. The molecule has 0 amide bonds. The fourth-order valence-electron chi connectivity index (χ4n) is 7.32. The lowest BCUT2D eigenvalue weighted by Crippen LogP contribution is -2.28. The van der Waals surface area contributed by atoms with Gasteiger partial charge >= 0.3 is 0 Å². The summed E-state index contributed by atoms with van der Waals surface area (Å²) in [6.07, 6.45) is 3.52. The molecular weight excluding hydrogens is 648 g/mol. The second kappa shape index (κ2) is 14.0. The third-order valence-corrected chi connectivity index (χ3v) is 13.4. The van der Waals surface area contributed by atoms with E-state index in [1.807, 2.05) is 6.07 Å². The molecule has 5 aromatic rings. The van der Waals surface area contributed by atoms with Gasteiger partial charge in [0, 0.05) is 0 Å². The predicted octanol–water partition coefficient (Wildman–Crippen LogP) is 11.9. The van der Waals surface area contributed by atoms with E-state index in [4.69, 9.17) is 0 Å². The summed E-state index contributed by atoms with van der Waals surface area (Å²) in [5, 5.41) is 15.0. The average Bonchev–Trinajstić information content (AvgIpc) is 3.05. The molecule has 1 N–H and O–H groups in total. The van der Waals surface area contributed by atoms with Gasteiger partial charge in [0.05, 0.1) is 0 Å². The van der Waals surface area contributed by atoms with Crippen LogP contribution in [0.5, 0.6) is 5.75 Å². The Morgan fingerprint density at radius 3 is 1.31 bits per heavy atom. The summed E-state index contributed by atoms with van der Waals surface area (Å²) in [4.78, 5) is 0. The van der Waals surface area contributed by atoms with Gasteiger partial charge in [0.25, 0.3) is 0 Å². The SMILES string of the molecule is CC(C)(C)c1cc(P(c2cc(C(C)(C)C)cc(C(C)(C)C)c2)c2ccccc2-c2cc3ccc2CCc2ccc(c(O)c2)CC3)cc(C(C)(C)C)c1. The summed E-state index contributed by atoms with van der Waals surface area (Å²) in [6, 6.07) is 37.9. The zero-order chi connectivity index (χ0) is 37.8. The van der Waals surface area contributed by atoms with Crippen LogP contribution in [0.4, 0.5) is 0 Å². The largest absolute Gasteiger partial charge is 0.508 e. The lowest BCUT2D eigenvalue weighted by molar-refractivity contribution is 0.467. The maximum atomic E-state index is 10.8. The zero-order valence-electron chi connectivity index (χ0n) is 34.0. The van der Waals surface area contributed by atoms with E-state index in [9.17, 15) is 5.11 Å². The normalized spacial score (nSPS) is 14.1. The van der Waals surface area contributed by atoms with Crippen molar-refractivity contribution in [3.8, 4) is 16.9 Å². The molecule has 0 saturated carbocycles. The number of hydrogen-bond acceptors (Lipinski definition) is 1. The van der Waals surface area contributed by atoms with Crippen LogP contribution in [0.2, 0.25) is 0 Å². The third kappa shape index (κ3) is 8.26. The van der Waals surface area contributed by atoms with Crippen LogP contribution < -0.4 is 15.9 Å². The van der Waals surface area contributed by atoms with Crippen LogP contribution in [0.15, 0.2) is 97.1 Å². The minimum absolute atomic E-state index is 0.0131. The maximum Gasteiger partial charge on any atom is 0.119 e. The lowest BCUT2D eigenvalue weighted by Gasteiger charge is -2.32. The van der Waals surface area contributed by atoms with E-state index in [2.05, 4.69) is 174 Å². The lowest BCUT2D eigenvalue weighted by atomic mass is 9.81. The highest BCUT2D eigenvalue weighted by Crippen LogP contribution is 2.43. The summed E-state index contributed by atoms with van der Waals surface area (Å²) in [5.74, 6) is 0.433. The fraction of sp³-hybridized carbons (Fsp3) is 0.400. The Hall–Kier alpha value is -3.67. The molecule has 0 heterocycles. The summed E-state index contributed by atoms with van der Waals surface area (Å²) in [7, 11) is -0.952. The number of phenolic OH excluding ortho intramolecular Hbond substituents is 1. The van der Waals surface area contributed by atoms with E-state index >= 15 is 0 Å². The van der Waals surface area contributed by atoms with Crippen LogP contribution in [0, 0.1) is 0 Å².